The molecule has 1 aliphatic rings. The summed E-state index contributed by atoms with van der Waals surface area (Å²) < 4.78 is 27.9. The molecule has 182 valence electrons. The van der Waals surface area contributed by atoms with Crippen LogP contribution in [0.3, 0.4) is 0 Å². The Kier molecular flexibility index (Phi) is 7.30. The van der Waals surface area contributed by atoms with Gasteiger partial charge in [0.2, 0.25) is 4.80 Å². The van der Waals surface area contributed by atoms with Gasteiger partial charge in [0.1, 0.15) is 13.1 Å². The smallest absolute Gasteiger partial charge is 0.340 e. The van der Waals surface area contributed by atoms with Gasteiger partial charge in [-0.15, -0.1) is 4.59 Å². The van der Waals surface area contributed by atoms with Gasteiger partial charge in [-0.1, -0.05) is 35.1 Å². The Morgan fingerprint density at radius 2 is 1.85 bits per heavy atom. The first-order valence-corrected chi connectivity index (χ1v) is 14.2. The zero-order valence-electron chi connectivity index (χ0n) is 19.3. The Bertz CT molecular complexity index is 1390. The highest BCUT2D eigenvalue weighted by Gasteiger charge is 2.39. The summed E-state index contributed by atoms with van der Waals surface area (Å²) in [6, 6.07) is 10.2. The Labute approximate surface area is 208 Å². The van der Waals surface area contributed by atoms with Gasteiger partial charge in [-0.2, -0.15) is 0 Å². The molecular weight excluding hydrogens is 494 g/mol. The highest BCUT2D eigenvalue weighted by Crippen LogP contribution is 2.26. The van der Waals surface area contributed by atoms with E-state index in [9.17, 15) is 18.3 Å². The van der Waals surface area contributed by atoms with Crippen molar-refractivity contribution in [2.75, 3.05) is 18.8 Å². The number of carbonyl (C=O) groups excluding carboxylic acids is 1. The van der Waals surface area contributed by atoms with Crippen LogP contribution in [-0.2, 0) is 21.7 Å². The molecule has 0 aliphatic carbocycles. The van der Waals surface area contributed by atoms with E-state index < -0.39 is 15.9 Å². The summed E-state index contributed by atoms with van der Waals surface area (Å²) >= 11 is 7.38. The van der Waals surface area contributed by atoms with Crippen LogP contribution in [0.25, 0.3) is 10.8 Å². The first kappa shape index (κ1) is 25.1. The molecule has 0 spiro atoms. The van der Waals surface area contributed by atoms with Gasteiger partial charge in [0.25, 0.3) is 0 Å². The Morgan fingerprint density at radius 3 is 2.53 bits per heavy atom. The van der Waals surface area contributed by atoms with Crippen LogP contribution in [0.15, 0.2) is 52.6 Å². The number of aliphatic hydroxyl groups is 1. The molecular formula is C24H29ClN3O4S2+. The van der Waals surface area contributed by atoms with Gasteiger partial charge in [-0.25, -0.2) is 13.2 Å². The Hall–Kier alpha value is -2.04. The molecule has 2 heterocycles. The van der Waals surface area contributed by atoms with E-state index >= 15 is 0 Å². The SMILES string of the molecule is CC(O)c1cn(C)/c(=N/[N+]2(C(=O)CCS(=O)(=O)c3ccc4cc(Cl)ccc4c3)CCCCC2)s1. The number of amides is 1. The first-order valence-electron chi connectivity index (χ1n) is 11.3. The maximum atomic E-state index is 13.4. The van der Waals surface area contributed by atoms with E-state index in [0.29, 0.717) is 22.9 Å². The van der Waals surface area contributed by atoms with E-state index in [2.05, 4.69) is 0 Å². The van der Waals surface area contributed by atoms with Gasteiger partial charge >= 0.3 is 5.91 Å². The molecule has 1 saturated heterocycles. The number of sulfone groups is 1. The van der Waals surface area contributed by atoms with Gasteiger partial charge in [-0.3, -0.25) is 0 Å². The van der Waals surface area contributed by atoms with Crippen LogP contribution in [0.4, 0.5) is 0 Å². The fraction of sp³-hybridized carbons (Fsp3) is 0.417. The second-order valence-corrected chi connectivity index (χ2v) is 12.4. The molecule has 0 saturated carbocycles. The molecule has 0 radical (unpaired) electrons. The molecule has 4 rings (SSSR count). The van der Waals surface area contributed by atoms with Crippen molar-refractivity contribution < 1.29 is 22.9 Å². The van der Waals surface area contributed by atoms with Gasteiger partial charge in [0, 0.05) is 18.3 Å². The fourth-order valence-corrected chi connectivity index (χ4v) is 6.70. The van der Waals surface area contributed by atoms with Crippen molar-refractivity contribution in [3.8, 4) is 0 Å². The number of rotatable bonds is 6. The molecule has 3 aromatic rings. The number of hydrogen-bond donors (Lipinski definition) is 1. The number of likely N-dealkylation sites (tertiary alicyclic amines) is 1. The van der Waals surface area contributed by atoms with E-state index in [1.807, 2.05) is 17.8 Å². The van der Waals surface area contributed by atoms with E-state index in [0.717, 1.165) is 34.9 Å². The second-order valence-electron chi connectivity index (χ2n) is 8.85. The van der Waals surface area contributed by atoms with Gasteiger partial charge in [-0.05, 0) is 66.3 Å². The number of carbonyl (C=O) groups is 1. The number of aryl methyl sites for hydroxylation is 1. The molecule has 1 atom stereocenters. The monoisotopic (exact) mass is 522 g/mol. The van der Waals surface area contributed by atoms with Crippen LogP contribution < -0.4 is 4.80 Å². The fourth-order valence-electron chi connectivity index (χ4n) is 4.27. The molecule has 7 nitrogen and oxygen atoms in total. The lowest BCUT2D eigenvalue weighted by molar-refractivity contribution is -0.869. The van der Waals surface area contributed by atoms with Crippen LogP contribution in [0, 0.1) is 0 Å². The van der Waals surface area contributed by atoms with Crippen molar-refractivity contribution in [1.29, 1.82) is 0 Å². The highest BCUT2D eigenvalue weighted by atomic mass is 35.5. The number of benzene rings is 2. The molecule has 1 aliphatic heterocycles. The number of piperidine rings is 1. The standard InChI is InChI=1S/C24H29ClN3O4S2/c1-17(29)22-16-27(2)24(33-22)26-28(11-4-3-5-12-28)23(30)10-13-34(31,32)21-9-7-18-14-20(25)8-6-19(18)15-21/h6-9,14-17,29H,3-5,10-13H2,1-2H3/q+1/b26-24-. The minimum atomic E-state index is -3.65. The minimum Gasteiger partial charge on any atom is -0.388 e. The van der Waals surface area contributed by atoms with Crippen LogP contribution >= 0.6 is 22.9 Å². The topological polar surface area (TPSA) is 88.7 Å². The van der Waals surface area contributed by atoms with Crippen molar-refractivity contribution in [3.05, 3.63) is 57.3 Å². The number of halogens is 1. The third kappa shape index (κ3) is 5.28. The normalized spacial score (nSPS) is 17.7. The van der Waals surface area contributed by atoms with Gasteiger partial charge in [0.15, 0.2) is 9.84 Å². The maximum absolute atomic E-state index is 13.4. The predicted molar refractivity (Wildman–Crippen MR) is 134 cm³/mol. The zero-order chi connectivity index (χ0) is 24.5. The van der Waals surface area contributed by atoms with Crippen LogP contribution in [0.1, 0.15) is 43.6 Å². The molecule has 2 aromatic carbocycles. The average molecular weight is 523 g/mol. The van der Waals surface area contributed by atoms with E-state index in [1.165, 1.54) is 11.3 Å². The molecule has 1 amide bonds. The Morgan fingerprint density at radius 1 is 1.18 bits per heavy atom. The van der Waals surface area contributed by atoms with Crippen molar-refractivity contribution in [2.45, 2.75) is 43.6 Å². The number of thiazole rings is 1. The number of nitrogens with zero attached hydrogens (tertiary/aromatic N) is 3. The summed E-state index contributed by atoms with van der Waals surface area (Å²) in [5, 5.41) is 17.0. The summed E-state index contributed by atoms with van der Waals surface area (Å²) in [4.78, 5) is 15.1. The molecule has 0 bridgehead atoms. The lowest BCUT2D eigenvalue weighted by Crippen LogP contribution is -2.53. The first-order chi connectivity index (χ1) is 16.1. The molecule has 1 N–H and O–H groups in total. The van der Waals surface area contributed by atoms with Crippen molar-refractivity contribution >= 4 is 49.5 Å². The summed E-state index contributed by atoms with van der Waals surface area (Å²) in [6.45, 7) is 2.80. The lowest BCUT2D eigenvalue weighted by atomic mass is 10.1. The largest absolute Gasteiger partial charge is 0.388 e. The number of quaternary nitrogens is 1. The number of fused-ring (bicyclic) bond motifs is 1. The van der Waals surface area contributed by atoms with Crippen LogP contribution in [0.5, 0.6) is 0 Å². The summed E-state index contributed by atoms with van der Waals surface area (Å²) in [5.41, 5.74) is 0. The number of aromatic nitrogens is 1. The van der Waals surface area contributed by atoms with Crippen molar-refractivity contribution in [3.63, 3.8) is 0 Å². The van der Waals surface area contributed by atoms with Crippen LogP contribution in [-0.4, -0.2) is 47.4 Å². The quantitative estimate of drug-likeness (QED) is 0.492. The Balaban J connectivity index is 1.59. The van der Waals surface area contributed by atoms with Crippen molar-refractivity contribution in [1.82, 2.24) is 4.57 Å². The van der Waals surface area contributed by atoms with Crippen LogP contribution in [0.2, 0.25) is 5.02 Å². The summed E-state index contributed by atoms with van der Waals surface area (Å²) in [6.07, 6.45) is 3.83. The van der Waals surface area contributed by atoms with E-state index in [1.54, 1.807) is 43.3 Å². The molecule has 1 unspecified atom stereocenters. The number of aliphatic hydroxyl groups excluding tert-OH is 1. The molecule has 1 fully saturated rings. The molecule has 10 heteroatoms. The predicted octanol–water partition coefficient (Wildman–Crippen LogP) is 4.15. The van der Waals surface area contributed by atoms with Crippen molar-refractivity contribution in [2.24, 2.45) is 12.1 Å². The molecule has 34 heavy (non-hydrogen) atoms. The highest BCUT2D eigenvalue weighted by molar-refractivity contribution is 7.91. The lowest BCUT2D eigenvalue weighted by Gasteiger charge is -2.32. The third-order valence-electron chi connectivity index (χ3n) is 6.26. The third-order valence-corrected chi connectivity index (χ3v) is 9.44. The summed E-state index contributed by atoms with van der Waals surface area (Å²) in [7, 11) is -1.81. The molecule has 1 aromatic heterocycles. The number of hydrogen-bond acceptors (Lipinski definition) is 6. The summed E-state index contributed by atoms with van der Waals surface area (Å²) in [5.74, 6) is -0.460. The maximum Gasteiger partial charge on any atom is 0.340 e. The van der Waals surface area contributed by atoms with Gasteiger partial charge < -0.3 is 9.67 Å². The van der Waals surface area contributed by atoms with Gasteiger partial charge in [0.05, 0.1) is 28.1 Å². The average Bonchev–Trinajstić information content (AvgIpc) is 3.18. The second kappa shape index (κ2) is 9.91. The minimum absolute atomic E-state index is 0.0979. The zero-order valence-corrected chi connectivity index (χ0v) is 21.7. The van der Waals surface area contributed by atoms with E-state index in [4.69, 9.17) is 16.7 Å². The van der Waals surface area contributed by atoms with E-state index in [-0.39, 0.29) is 27.6 Å².